The first kappa shape index (κ1) is 30.1. The number of nitrogens with two attached hydrogens (primary N) is 1. The van der Waals surface area contributed by atoms with Crippen LogP contribution >= 0.6 is 0 Å². The molecule has 0 saturated carbocycles. The van der Waals surface area contributed by atoms with Crippen molar-refractivity contribution in [3.63, 3.8) is 0 Å². The van der Waals surface area contributed by atoms with E-state index in [0.29, 0.717) is 12.8 Å². The Morgan fingerprint density at radius 2 is 1.63 bits per heavy atom. The molecule has 12 heteroatoms. The summed E-state index contributed by atoms with van der Waals surface area (Å²) in [7, 11) is 0. The Morgan fingerprint density at radius 3 is 2.24 bits per heavy atom. The molecular weight excluding hydrogens is 494 g/mol. The molecule has 1 heterocycles. The number of fused-ring (bicyclic) bond motifs is 1. The van der Waals surface area contributed by atoms with E-state index in [1.165, 1.54) is 0 Å². The summed E-state index contributed by atoms with van der Waals surface area (Å²) < 4.78 is 5.33. The number of para-hydroxylation sites is 1. The molecule has 0 saturated heterocycles. The lowest BCUT2D eigenvalue weighted by molar-refractivity contribution is -0.140. The fourth-order valence-corrected chi connectivity index (χ4v) is 3.80. The molecule has 0 aliphatic carbocycles. The van der Waals surface area contributed by atoms with Gasteiger partial charge in [-0.15, -0.1) is 0 Å². The minimum absolute atomic E-state index is 0.0974. The van der Waals surface area contributed by atoms with E-state index in [-0.39, 0.29) is 12.8 Å². The third kappa shape index (κ3) is 9.41. The molecule has 1 aromatic heterocycles. The van der Waals surface area contributed by atoms with Crippen LogP contribution in [0, 0.1) is 0 Å². The van der Waals surface area contributed by atoms with Gasteiger partial charge in [0, 0.05) is 23.5 Å². The Bertz CT molecular complexity index is 1150. The van der Waals surface area contributed by atoms with Crippen molar-refractivity contribution in [1.29, 1.82) is 0 Å². The van der Waals surface area contributed by atoms with Gasteiger partial charge in [0.05, 0.1) is 6.42 Å². The fourth-order valence-electron chi connectivity index (χ4n) is 3.80. The minimum Gasteiger partial charge on any atom is -0.481 e. The number of benzene rings is 1. The highest BCUT2D eigenvalue weighted by Gasteiger charge is 2.31. The van der Waals surface area contributed by atoms with Crippen LogP contribution < -0.4 is 21.7 Å². The van der Waals surface area contributed by atoms with Crippen LogP contribution in [0.25, 0.3) is 10.9 Å². The number of primary amides is 1. The van der Waals surface area contributed by atoms with Gasteiger partial charge in [0.1, 0.15) is 23.7 Å². The van der Waals surface area contributed by atoms with E-state index in [1.54, 1.807) is 27.0 Å². The van der Waals surface area contributed by atoms with E-state index in [2.05, 4.69) is 20.9 Å². The van der Waals surface area contributed by atoms with Crippen molar-refractivity contribution in [1.82, 2.24) is 20.9 Å². The van der Waals surface area contributed by atoms with Gasteiger partial charge in [-0.1, -0.05) is 38.0 Å². The quantitative estimate of drug-likeness (QED) is 0.226. The maximum absolute atomic E-state index is 13.4. The molecule has 0 spiro atoms. The van der Waals surface area contributed by atoms with Crippen LogP contribution in [0.3, 0.4) is 0 Å². The van der Waals surface area contributed by atoms with Crippen molar-refractivity contribution >= 4 is 40.7 Å². The van der Waals surface area contributed by atoms with Gasteiger partial charge < -0.3 is 36.5 Å². The first-order valence-electron chi connectivity index (χ1n) is 12.5. The van der Waals surface area contributed by atoms with Gasteiger partial charge in [-0.3, -0.25) is 19.2 Å². The van der Waals surface area contributed by atoms with E-state index < -0.39 is 59.9 Å². The van der Waals surface area contributed by atoms with Gasteiger partial charge in [0.25, 0.3) is 0 Å². The Kier molecular flexibility index (Phi) is 10.7. The molecule has 3 atom stereocenters. The molecule has 0 aliphatic heterocycles. The monoisotopic (exact) mass is 531 g/mol. The molecule has 2 rings (SSSR count). The Hall–Kier alpha value is -4.09. The third-order valence-electron chi connectivity index (χ3n) is 5.62. The summed E-state index contributed by atoms with van der Waals surface area (Å²) in [5.41, 5.74) is 6.06. The van der Waals surface area contributed by atoms with E-state index in [4.69, 9.17) is 15.6 Å². The lowest BCUT2D eigenvalue weighted by atomic mass is 10.0. The summed E-state index contributed by atoms with van der Waals surface area (Å²) in [6.07, 6.45) is 1.83. The molecule has 0 bridgehead atoms. The summed E-state index contributed by atoms with van der Waals surface area (Å²) in [6, 6.07) is 3.85. The smallest absolute Gasteiger partial charge is 0.408 e. The number of carboxylic acid groups (broad SMARTS) is 1. The normalized spacial score (nSPS) is 13.7. The number of unbranched alkanes of at least 4 members (excludes halogenated alkanes) is 1. The Labute approximate surface area is 221 Å². The highest BCUT2D eigenvalue weighted by molar-refractivity contribution is 5.95. The van der Waals surface area contributed by atoms with Crippen LogP contribution in [0.15, 0.2) is 30.5 Å². The molecule has 7 N–H and O–H groups in total. The number of rotatable bonds is 13. The van der Waals surface area contributed by atoms with Crippen molar-refractivity contribution < 1.29 is 33.8 Å². The predicted molar refractivity (Wildman–Crippen MR) is 140 cm³/mol. The molecule has 208 valence electrons. The van der Waals surface area contributed by atoms with Gasteiger partial charge in [-0.2, -0.15) is 0 Å². The third-order valence-corrected chi connectivity index (χ3v) is 5.62. The van der Waals surface area contributed by atoms with Crippen LogP contribution in [-0.4, -0.2) is 63.6 Å². The van der Waals surface area contributed by atoms with Crippen molar-refractivity contribution in [2.24, 2.45) is 5.73 Å². The molecule has 1 aromatic carbocycles. The van der Waals surface area contributed by atoms with Crippen LogP contribution in [0.1, 0.15) is 58.9 Å². The number of carbonyl (C=O) groups is 5. The number of amides is 4. The predicted octanol–water partition coefficient (Wildman–Crippen LogP) is 1.72. The zero-order chi connectivity index (χ0) is 28.5. The first-order chi connectivity index (χ1) is 17.8. The van der Waals surface area contributed by atoms with Gasteiger partial charge in [0.15, 0.2) is 0 Å². The van der Waals surface area contributed by atoms with Crippen LogP contribution in [0.4, 0.5) is 4.79 Å². The molecule has 2 aromatic rings. The van der Waals surface area contributed by atoms with Crippen LogP contribution in [0.5, 0.6) is 0 Å². The molecule has 0 unspecified atom stereocenters. The van der Waals surface area contributed by atoms with Gasteiger partial charge in [-0.05, 0) is 38.8 Å². The molecule has 12 nitrogen and oxygen atoms in total. The number of aromatic nitrogens is 1. The Morgan fingerprint density at radius 1 is 1.00 bits per heavy atom. The number of nitrogens with one attached hydrogen (secondary N) is 4. The summed E-state index contributed by atoms with van der Waals surface area (Å²) in [5.74, 6) is -3.72. The number of hydrogen-bond acceptors (Lipinski definition) is 6. The van der Waals surface area contributed by atoms with E-state index in [9.17, 15) is 24.0 Å². The number of carbonyl (C=O) groups excluding carboxylic acids is 4. The van der Waals surface area contributed by atoms with E-state index >= 15 is 0 Å². The number of H-pyrrole nitrogens is 1. The molecule has 0 aliphatic rings. The van der Waals surface area contributed by atoms with Crippen molar-refractivity contribution in [2.75, 3.05) is 0 Å². The summed E-state index contributed by atoms with van der Waals surface area (Å²) >= 11 is 0. The van der Waals surface area contributed by atoms with Gasteiger partial charge in [-0.25, -0.2) is 4.79 Å². The Balaban J connectivity index is 2.28. The number of aromatic amines is 1. The van der Waals surface area contributed by atoms with E-state index in [0.717, 1.165) is 16.5 Å². The minimum atomic E-state index is -1.44. The summed E-state index contributed by atoms with van der Waals surface area (Å²) in [4.78, 5) is 64.8. The topological polar surface area (TPSA) is 193 Å². The van der Waals surface area contributed by atoms with Gasteiger partial charge >= 0.3 is 12.1 Å². The lowest BCUT2D eigenvalue weighted by Gasteiger charge is -2.26. The average molecular weight is 532 g/mol. The fraction of sp³-hybridized carbons (Fsp3) is 0.500. The number of carboxylic acids is 1. The van der Waals surface area contributed by atoms with Gasteiger partial charge in [0.2, 0.25) is 17.7 Å². The molecule has 38 heavy (non-hydrogen) atoms. The lowest BCUT2D eigenvalue weighted by Crippen LogP contribution is -2.57. The highest BCUT2D eigenvalue weighted by atomic mass is 16.6. The number of alkyl carbamates (subject to hydrolysis) is 1. The van der Waals surface area contributed by atoms with Crippen molar-refractivity contribution in [2.45, 2.75) is 83.5 Å². The second-order valence-electron chi connectivity index (χ2n) is 10.0. The molecule has 0 fully saturated rings. The SMILES string of the molecule is CCCC[C@H](NC(=O)[C@H](Cc1c[nH]c2ccccc12)NC(=O)OC(C)(C)C)C(=O)N[C@@H](CC(=O)O)C(N)=O. The number of hydrogen-bond donors (Lipinski definition) is 6. The highest BCUT2D eigenvalue weighted by Crippen LogP contribution is 2.19. The van der Waals surface area contributed by atoms with Crippen LogP contribution in [-0.2, 0) is 30.3 Å². The molecule has 0 radical (unpaired) electrons. The second-order valence-corrected chi connectivity index (χ2v) is 10.0. The van der Waals surface area contributed by atoms with Crippen LogP contribution in [0.2, 0.25) is 0 Å². The van der Waals surface area contributed by atoms with Crippen molar-refractivity contribution in [3.8, 4) is 0 Å². The summed E-state index contributed by atoms with van der Waals surface area (Å²) in [6.45, 7) is 6.98. The molecule has 4 amide bonds. The average Bonchev–Trinajstić information content (AvgIpc) is 3.22. The standard InChI is InChI=1S/C26H37N5O7/c1-5-6-10-18(23(35)30-19(22(27)34)13-21(32)33)29-24(36)20(31-25(37)38-26(2,3)4)12-15-14-28-17-11-8-7-9-16(15)17/h7-9,11,14,18-20,28H,5-6,10,12-13H2,1-4H3,(H2,27,34)(H,29,36)(H,30,35)(H,31,37)(H,32,33)/t18-,19-,20-/m0/s1. The number of aliphatic carboxylic acids is 1. The largest absolute Gasteiger partial charge is 0.481 e. The van der Waals surface area contributed by atoms with E-state index in [1.807, 2.05) is 31.2 Å². The zero-order valence-electron chi connectivity index (χ0n) is 22.1. The molecular formula is C26H37N5O7. The summed E-state index contributed by atoms with van der Waals surface area (Å²) in [5, 5.41) is 17.4. The first-order valence-corrected chi connectivity index (χ1v) is 12.5. The zero-order valence-corrected chi connectivity index (χ0v) is 22.1. The maximum Gasteiger partial charge on any atom is 0.408 e. The number of ether oxygens (including phenoxy) is 1. The second kappa shape index (κ2) is 13.5. The van der Waals surface area contributed by atoms with Crippen molar-refractivity contribution in [3.05, 3.63) is 36.0 Å². The maximum atomic E-state index is 13.4.